The van der Waals surface area contributed by atoms with Crippen LogP contribution in [0.25, 0.3) is 45.5 Å². The van der Waals surface area contributed by atoms with Gasteiger partial charge in [0.05, 0.1) is 0 Å². The molecule has 1 heterocycles. The number of aryl methyl sites for hydroxylation is 4. The van der Waals surface area contributed by atoms with Crippen molar-refractivity contribution in [1.29, 1.82) is 0 Å². The van der Waals surface area contributed by atoms with Crippen molar-refractivity contribution in [3.05, 3.63) is 171 Å². The van der Waals surface area contributed by atoms with Gasteiger partial charge in [-0.15, -0.1) is 0 Å². The number of benzene rings is 6. The van der Waals surface area contributed by atoms with Crippen molar-refractivity contribution in [3.63, 3.8) is 0 Å². The van der Waals surface area contributed by atoms with E-state index in [1.54, 1.807) is 0 Å². The van der Waals surface area contributed by atoms with Gasteiger partial charge in [-0.2, -0.15) is 0 Å². The molecule has 2 unspecified atom stereocenters. The molecule has 0 saturated heterocycles. The van der Waals surface area contributed by atoms with Crippen molar-refractivity contribution in [3.8, 4) is 33.4 Å². The third-order valence-corrected chi connectivity index (χ3v) is 36.8. The number of hydrogen-bond acceptors (Lipinski definition) is 0. The molecule has 0 fully saturated rings. The Morgan fingerprint density at radius 3 is 1.45 bits per heavy atom. The van der Waals surface area contributed by atoms with Crippen LogP contribution in [0, 0.1) is 25.7 Å². The second-order valence-electron chi connectivity index (χ2n) is 18.9. The molecule has 6 aromatic carbocycles. The predicted octanol–water partition coefficient (Wildman–Crippen LogP) is 13.9. The number of fused-ring (bicyclic) bond motifs is 5. The summed E-state index contributed by atoms with van der Waals surface area (Å²) in [7, 11) is 18.1. The van der Waals surface area contributed by atoms with E-state index >= 15 is 0 Å². The van der Waals surface area contributed by atoms with Crippen molar-refractivity contribution in [2.75, 3.05) is 0 Å². The van der Waals surface area contributed by atoms with E-state index in [2.05, 4.69) is 183 Å². The minimum atomic E-state index is -5.70. The number of halogens is 2. The molecule has 4 heteroatoms. The van der Waals surface area contributed by atoms with E-state index in [0.717, 1.165) is 25.7 Å². The molecule has 0 saturated carbocycles. The standard InChI is InChI=1S/2C22H25.C12H9Si.2ClH.Zr/c2*1-5-18-10-11-19-13-17(12-15(2)3)14-21(19)22(18)20-9-7-6-8-16(20)4;1-3-7-11-9(5-1)10-6-2-4-8-12(10)13-11;;;/h2*6-11,13-15H,5,12H2,1-4H3;1-7H,13H2;2*1H;/q;;;;;+2/p-2. The molecule has 2 atom stereocenters. The van der Waals surface area contributed by atoms with Crippen molar-refractivity contribution < 1.29 is 16.4 Å². The first-order valence-electron chi connectivity index (χ1n) is 22.5. The third kappa shape index (κ3) is 6.61. The molecule has 0 N–H and O–H groups in total. The second kappa shape index (κ2) is 16.0. The molecule has 1 aliphatic heterocycles. The number of allylic oxidation sites excluding steroid dienone is 2. The molecule has 0 nitrogen and oxygen atoms in total. The molecule has 6 aromatic rings. The Morgan fingerprint density at radius 2 is 0.983 bits per heavy atom. The van der Waals surface area contributed by atoms with Crippen LogP contribution in [-0.4, -0.2) is 9.52 Å². The summed E-state index contributed by atoms with van der Waals surface area (Å²) in [4.78, 5) is 0. The molecule has 2 aliphatic carbocycles. The molecular formula is C56H59Cl2SiZr. The van der Waals surface area contributed by atoms with Crippen molar-refractivity contribution >= 4 is 52.3 Å². The van der Waals surface area contributed by atoms with Crippen molar-refractivity contribution in [1.82, 2.24) is 0 Å². The van der Waals surface area contributed by atoms with Crippen LogP contribution >= 0.6 is 17.0 Å². The summed E-state index contributed by atoms with van der Waals surface area (Å²) in [6, 6.07) is 43.8. The zero-order valence-corrected chi connectivity index (χ0v) is 42.1. The van der Waals surface area contributed by atoms with Gasteiger partial charge >= 0.3 is 373 Å². The van der Waals surface area contributed by atoms with E-state index in [9.17, 15) is 17.0 Å². The van der Waals surface area contributed by atoms with E-state index in [1.807, 2.05) is 0 Å². The summed E-state index contributed by atoms with van der Waals surface area (Å²) in [6.45, 7) is 18.6. The van der Waals surface area contributed by atoms with Crippen molar-refractivity contribution in [2.24, 2.45) is 11.8 Å². The maximum atomic E-state index is 9.49. The second-order valence-corrected chi connectivity index (χ2v) is 41.3. The van der Waals surface area contributed by atoms with Crippen molar-refractivity contribution in [2.45, 2.75) is 88.3 Å². The van der Waals surface area contributed by atoms with Gasteiger partial charge in [0.15, 0.2) is 0 Å². The molecule has 0 bridgehead atoms. The maximum absolute atomic E-state index is 9.49. The molecule has 3 aliphatic rings. The Kier molecular flexibility index (Phi) is 11.1. The monoisotopic (exact) mass is 919 g/mol. The first-order chi connectivity index (χ1) is 28.8. The van der Waals surface area contributed by atoms with Gasteiger partial charge < -0.3 is 0 Å². The Hall–Kier alpha value is -3.52. The Labute approximate surface area is 370 Å². The number of hydrogen-bond donors (Lipinski definition) is 0. The normalized spacial score (nSPS) is 17.6. The van der Waals surface area contributed by atoms with Gasteiger partial charge in [-0.25, -0.2) is 0 Å². The fourth-order valence-electron chi connectivity index (χ4n) is 11.7. The zero-order chi connectivity index (χ0) is 42.1. The van der Waals surface area contributed by atoms with E-state index in [1.165, 1.54) is 103 Å². The summed E-state index contributed by atoms with van der Waals surface area (Å²) in [5.74, 6) is 0.879. The Bertz CT molecular complexity index is 2610. The predicted molar refractivity (Wildman–Crippen MR) is 263 cm³/mol. The van der Waals surface area contributed by atoms with Gasteiger partial charge in [-0.1, -0.05) is 0 Å². The van der Waals surface area contributed by atoms with Crippen LogP contribution in [0.1, 0.15) is 106 Å². The average Bonchev–Trinajstić information content (AvgIpc) is 3.92. The summed E-state index contributed by atoms with van der Waals surface area (Å²) in [6.07, 6.45) is 8.99. The van der Waals surface area contributed by atoms with E-state index in [0.29, 0.717) is 11.8 Å². The average molecular weight is 922 g/mol. The number of rotatable bonds is 11. The first kappa shape index (κ1) is 41.8. The van der Waals surface area contributed by atoms with Gasteiger partial charge in [0, 0.05) is 0 Å². The molecule has 9 rings (SSSR count). The van der Waals surface area contributed by atoms with Crippen LogP contribution in [0.5, 0.6) is 0 Å². The Balaban J connectivity index is 1.42. The van der Waals surface area contributed by atoms with Crippen LogP contribution in [-0.2, 0) is 29.2 Å². The molecule has 0 spiro atoms. The quantitative estimate of drug-likeness (QED) is 0.113. The summed E-state index contributed by atoms with van der Waals surface area (Å²) in [5.41, 5.74) is 21.7. The topological polar surface area (TPSA) is 0 Å². The van der Waals surface area contributed by atoms with Gasteiger partial charge in [0.2, 0.25) is 0 Å². The van der Waals surface area contributed by atoms with Crippen LogP contribution in [0.4, 0.5) is 0 Å². The van der Waals surface area contributed by atoms with Crippen LogP contribution in [0.15, 0.2) is 126 Å². The van der Waals surface area contributed by atoms with Gasteiger partial charge in [0.1, 0.15) is 0 Å². The zero-order valence-electron chi connectivity index (χ0n) is 36.7. The molecule has 0 aromatic heterocycles. The van der Waals surface area contributed by atoms with Crippen LogP contribution in [0.2, 0.25) is 0 Å². The molecule has 0 radical (unpaired) electrons. The van der Waals surface area contributed by atoms with Gasteiger partial charge in [-0.3, -0.25) is 0 Å². The van der Waals surface area contributed by atoms with E-state index in [-0.39, 0.29) is 7.25 Å². The van der Waals surface area contributed by atoms with Crippen LogP contribution in [0.3, 0.4) is 0 Å². The first-order valence-corrected chi connectivity index (χ1v) is 34.3. The summed E-state index contributed by atoms with van der Waals surface area (Å²) < 4.78 is 1.13. The summed E-state index contributed by atoms with van der Waals surface area (Å²) in [5, 5.41) is 2.99. The van der Waals surface area contributed by atoms with E-state index < -0.39 is 25.9 Å². The van der Waals surface area contributed by atoms with Gasteiger partial charge in [-0.05, 0) is 0 Å². The van der Waals surface area contributed by atoms with Gasteiger partial charge in [0.25, 0.3) is 0 Å². The van der Waals surface area contributed by atoms with Crippen LogP contribution < -0.4 is 13.6 Å². The Morgan fingerprint density at radius 1 is 0.533 bits per heavy atom. The fraction of sp³-hybridized carbons (Fsp3) is 0.286. The fourth-order valence-corrected chi connectivity index (χ4v) is 39.5. The third-order valence-electron chi connectivity index (χ3n) is 14.1. The molecule has 0 amide bonds. The minimum absolute atomic E-state index is 0.0932. The van der Waals surface area contributed by atoms with E-state index in [4.69, 9.17) is 0 Å². The molecular weight excluding hydrogens is 863 g/mol. The summed E-state index contributed by atoms with van der Waals surface area (Å²) >= 11 is -5.70. The SMILES string of the molecule is CCc1ccc2c(c1-c1ccccc1C)C=C(CC(C)C)[CH]2[Zr]([Cl])([Cl])([c]1cccc2c1[SiH2]c1ccccc1-2)[CH]1C(CC(C)C)=Cc2c1ccc(CC)c2-c1ccccc1C. The molecule has 60 heavy (non-hydrogen) atoms. The molecule has 305 valence electrons.